The lowest BCUT2D eigenvalue weighted by atomic mass is 9.98. The third-order valence-electron chi connectivity index (χ3n) is 7.34. The van der Waals surface area contributed by atoms with Crippen molar-refractivity contribution in [1.29, 1.82) is 0 Å². The first-order chi connectivity index (χ1) is 18.3. The van der Waals surface area contributed by atoms with Gasteiger partial charge in [0, 0.05) is 42.1 Å². The molecule has 6 rings (SSSR count). The van der Waals surface area contributed by atoms with Gasteiger partial charge in [-0.1, -0.05) is 6.07 Å². The first-order valence-corrected chi connectivity index (χ1v) is 13.1. The van der Waals surface area contributed by atoms with E-state index >= 15 is 0 Å². The molecule has 1 amide bonds. The smallest absolute Gasteiger partial charge is 0.244 e. The maximum atomic E-state index is 14.8. The highest BCUT2D eigenvalue weighted by molar-refractivity contribution is 6.32. The highest BCUT2D eigenvalue weighted by Crippen LogP contribution is 2.57. The van der Waals surface area contributed by atoms with E-state index in [1.165, 1.54) is 6.07 Å². The van der Waals surface area contributed by atoms with Gasteiger partial charge in [-0.3, -0.25) is 4.79 Å². The Morgan fingerprint density at radius 2 is 1.79 bits per heavy atom. The molecule has 2 N–H and O–H groups in total. The maximum Gasteiger partial charge on any atom is 0.244 e. The van der Waals surface area contributed by atoms with Gasteiger partial charge in [0.05, 0.1) is 25.1 Å². The number of carbonyl (C=O) groups excluding carboxylic acids is 1. The minimum atomic E-state index is -0.647. The Morgan fingerprint density at radius 3 is 2.50 bits per heavy atom. The largest absolute Gasteiger partial charge is 0.378 e. The Labute approximate surface area is 224 Å². The summed E-state index contributed by atoms with van der Waals surface area (Å²) in [4.78, 5) is 24.7. The standard InChI is InChI=1S/C27H27ClF2N6O2/c1-16(28)25(37)36-15-27(6-7-27)19-4-2-18(13-23(19)36)32-24-21(30)14-31-26(34-24)33-17-3-5-22(20(29)12-17)35-8-10-38-11-9-35/h2-5,12-14,16H,6-11,15H2,1H3,(H2,31,32,33,34). The number of anilines is 6. The van der Waals surface area contributed by atoms with Crippen molar-refractivity contribution < 1.29 is 18.3 Å². The van der Waals surface area contributed by atoms with E-state index in [9.17, 15) is 13.6 Å². The van der Waals surface area contributed by atoms with E-state index in [1.54, 1.807) is 24.0 Å². The third kappa shape index (κ3) is 4.63. The summed E-state index contributed by atoms with van der Waals surface area (Å²) in [5.74, 6) is -1.12. The lowest BCUT2D eigenvalue weighted by Crippen LogP contribution is -2.36. The number of hydrogen-bond donors (Lipinski definition) is 2. The summed E-state index contributed by atoms with van der Waals surface area (Å²) in [6.07, 6.45) is 3.10. The summed E-state index contributed by atoms with van der Waals surface area (Å²) in [5.41, 5.74) is 3.41. The Hall–Kier alpha value is -3.50. The molecule has 198 valence electrons. The first-order valence-electron chi connectivity index (χ1n) is 12.6. The van der Waals surface area contributed by atoms with Gasteiger partial charge in [0.1, 0.15) is 11.2 Å². The van der Waals surface area contributed by atoms with Crippen LogP contribution in [-0.4, -0.2) is 54.1 Å². The van der Waals surface area contributed by atoms with Gasteiger partial charge in [-0.25, -0.2) is 13.8 Å². The Morgan fingerprint density at radius 1 is 1.05 bits per heavy atom. The molecule has 3 heterocycles. The van der Waals surface area contributed by atoms with Gasteiger partial charge in [0.2, 0.25) is 11.9 Å². The van der Waals surface area contributed by atoms with E-state index in [1.807, 2.05) is 23.1 Å². The van der Waals surface area contributed by atoms with Crippen molar-refractivity contribution >= 4 is 52.0 Å². The first kappa shape index (κ1) is 24.8. The van der Waals surface area contributed by atoms with Crippen molar-refractivity contribution in [2.24, 2.45) is 0 Å². The second-order valence-corrected chi connectivity index (χ2v) is 10.6. The second kappa shape index (κ2) is 9.67. The van der Waals surface area contributed by atoms with E-state index in [0.717, 1.165) is 30.3 Å². The third-order valence-corrected chi connectivity index (χ3v) is 7.53. The van der Waals surface area contributed by atoms with Crippen LogP contribution in [0.2, 0.25) is 0 Å². The van der Waals surface area contributed by atoms with Crippen molar-refractivity contribution in [3.63, 3.8) is 0 Å². The van der Waals surface area contributed by atoms with Gasteiger partial charge in [0.15, 0.2) is 11.6 Å². The number of carbonyl (C=O) groups is 1. The SMILES string of the molecule is CC(Cl)C(=O)N1CC2(CC2)c2ccc(Nc3nc(Nc4ccc(N5CCOCC5)c(F)c4)ncc3F)cc21. The number of amides is 1. The maximum absolute atomic E-state index is 14.8. The molecule has 1 aliphatic carbocycles. The van der Waals surface area contributed by atoms with Crippen LogP contribution in [0.1, 0.15) is 25.3 Å². The molecule has 0 bridgehead atoms. The monoisotopic (exact) mass is 540 g/mol. The molecule has 3 aromatic rings. The van der Waals surface area contributed by atoms with Gasteiger partial charge in [-0.15, -0.1) is 11.6 Å². The van der Waals surface area contributed by atoms with Gasteiger partial charge < -0.3 is 25.2 Å². The molecule has 2 aromatic carbocycles. The summed E-state index contributed by atoms with van der Waals surface area (Å²) in [6, 6.07) is 10.4. The van der Waals surface area contributed by atoms with Crippen LogP contribution in [0.4, 0.5) is 43.3 Å². The average Bonchev–Trinajstić information content (AvgIpc) is 3.62. The van der Waals surface area contributed by atoms with Crippen LogP contribution in [0, 0.1) is 11.6 Å². The average molecular weight is 541 g/mol. The lowest BCUT2D eigenvalue weighted by Gasteiger charge is -2.29. The van der Waals surface area contributed by atoms with Crippen LogP contribution in [-0.2, 0) is 14.9 Å². The van der Waals surface area contributed by atoms with Crippen molar-refractivity contribution in [3.05, 3.63) is 59.8 Å². The molecular formula is C27H27ClF2N6O2. The number of nitrogens with zero attached hydrogens (tertiary/aromatic N) is 4. The number of halogens is 3. The number of fused-ring (bicyclic) bond motifs is 2. The van der Waals surface area contributed by atoms with Crippen molar-refractivity contribution in [2.75, 3.05) is 53.3 Å². The van der Waals surface area contributed by atoms with Crippen LogP contribution in [0.15, 0.2) is 42.6 Å². The Bertz CT molecular complexity index is 1390. The number of nitrogens with one attached hydrogen (secondary N) is 2. The molecule has 1 saturated carbocycles. The highest BCUT2D eigenvalue weighted by Gasteiger charge is 2.53. The zero-order chi connectivity index (χ0) is 26.4. The quantitative estimate of drug-likeness (QED) is 0.422. The van der Waals surface area contributed by atoms with Crippen LogP contribution < -0.4 is 20.4 Å². The number of benzene rings is 2. The fraction of sp³-hybridized carbons (Fsp3) is 0.370. The fourth-order valence-corrected chi connectivity index (χ4v) is 5.29. The van der Waals surface area contributed by atoms with E-state index < -0.39 is 11.2 Å². The summed E-state index contributed by atoms with van der Waals surface area (Å²) in [5, 5.41) is 5.30. The number of aromatic nitrogens is 2. The number of ether oxygens (including phenoxy) is 1. The number of alkyl halides is 1. The Kier molecular flexibility index (Phi) is 6.31. The van der Waals surface area contributed by atoms with Crippen molar-refractivity contribution in [3.8, 4) is 0 Å². The molecule has 1 saturated heterocycles. The predicted octanol–water partition coefficient (Wildman–Crippen LogP) is 5.08. The lowest BCUT2D eigenvalue weighted by molar-refractivity contribution is -0.118. The topological polar surface area (TPSA) is 82.6 Å². The minimum Gasteiger partial charge on any atom is -0.378 e. The van der Waals surface area contributed by atoms with E-state index in [2.05, 4.69) is 20.6 Å². The molecule has 2 aliphatic heterocycles. The minimum absolute atomic E-state index is 0.000836. The normalized spacial score (nSPS) is 18.3. The molecule has 8 nitrogen and oxygen atoms in total. The molecule has 38 heavy (non-hydrogen) atoms. The molecule has 0 radical (unpaired) electrons. The molecule has 2 fully saturated rings. The van der Waals surface area contributed by atoms with Crippen LogP contribution >= 0.6 is 11.6 Å². The van der Waals surface area contributed by atoms with Crippen molar-refractivity contribution in [2.45, 2.75) is 30.6 Å². The zero-order valence-electron chi connectivity index (χ0n) is 20.8. The van der Waals surface area contributed by atoms with E-state index in [-0.39, 0.29) is 28.9 Å². The van der Waals surface area contributed by atoms with Crippen LogP contribution in [0.3, 0.4) is 0 Å². The summed E-state index contributed by atoms with van der Waals surface area (Å²) in [7, 11) is 0. The van der Waals surface area contributed by atoms with Gasteiger partial charge in [0.25, 0.3) is 0 Å². The fourth-order valence-electron chi connectivity index (χ4n) is 5.17. The summed E-state index contributed by atoms with van der Waals surface area (Å²) in [6.45, 7) is 4.64. The van der Waals surface area contributed by atoms with Gasteiger partial charge >= 0.3 is 0 Å². The molecular weight excluding hydrogens is 514 g/mol. The molecule has 3 aliphatic rings. The Balaban J connectivity index is 1.21. The highest BCUT2D eigenvalue weighted by atomic mass is 35.5. The van der Waals surface area contributed by atoms with Crippen molar-refractivity contribution in [1.82, 2.24) is 9.97 Å². The molecule has 1 spiro atoms. The number of rotatable bonds is 6. The molecule has 1 aromatic heterocycles. The van der Waals surface area contributed by atoms with Crippen LogP contribution in [0.5, 0.6) is 0 Å². The van der Waals surface area contributed by atoms with Gasteiger partial charge in [-0.05, 0) is 55.7 Å². The molecule has 11 heteroatoms. The molecule has 1 unspecified atom stereocenters. The number of morpholine rings is 1. The summed E-state index contributed by atoms with van der Waals surface area (Å²) >= 11 is 6.11. The van der Waals surface area contributed by atoms with E-state index in [0.29, 0.717) is 49.9 Å². The van der Waals surface area contributed by atoms with Crippen LogP contribution in [0.25, 0.3) is 0 Å². The van der Waals surface area contributed by atoms with E-state index in [4.69, 9.17) is 16.3 Å². The van der Waals surface area contributed by atoms with Gasteiger partial charge in [-0.2, -0.15) is 4.98 Å². The predicted molar refractivity (Wildman–Crippen MR) is 143 cm³/mol. The molecule has 1 atom stereocenters. The summed E-state index contributed by atoms with van der Waals surface area (Å²) < 4.78 is 34.8. The number of hydrogen-bond acceptors (Lipinski definition) is 7. The second-order valence-electron chi connectivity index (χ2n) is 9.96. The zero-order valence-corrected chi connectivity index (χ0v) is 21.6.